The summed E-state index contributed by atoms with van der Waals surface area (Å²) in [5.74, 6) is 0.571. The lowest BCUT2D eigenvalue weighted by atomic mass is 10.2. The predicted molar refractivity (Wildman–Crippen MR) is 99.1 cm³/mol. The van der Waals surface area contributed by atoms with Crippen LogP contribution in [0, 0.1) is 6.92 Å². The number of carbonyl (C=O) groups excluding carboxylic acids is 1. The molecular weight excluding hydrogens is 366 g/mol. The number of ether oxygens (including phenoxy) is 1. The Kier molecular flexibility index (Phi) is 4.77. The van der Waals surface area contributed by atoms with Crippen LogP contribution in [-0.2, 0) is 0 Å². The molecule has 0 bridgehead atoms. The Bertz CT molecular complexity index is 1000. The number of aromatic nitrogens is 3. The molecular formula is C20H18F2N4O2. The summed E-state index contributed by atoms with van der Waals surface area (Å²) in [4.78, 5) is 17.1. The minimum Gasteiger partial charge on any atom is -0.434 e. The van der Waals surface area contributed by atoms with Crippen molar-refractivity contribution in [2.45, 2.75) is 32.3 Å². The third kappa shape index (κ3) is 3.85. The Morgan fingerprint density at radius 1 is 1.21 bits per heavy atom. The van der Waals surface area contributed by atoms with Gasteiger partial charge in [0.2, 0.25) is 5.82 Å². The molecule has 1 aromatic heterocycles. The van der Waals surface area contributed by atoms with Crippen molar-refractivity contribution >= 4 is 11.6 Å². The summed E-state index contributed by atoms with van der Waals surface area (Å²) < 4.78 is 31.2. The highest BCUT2D eigenvalue weighted by atomic mass is 19.3. The van der Waals surface area contributed by atoms with Crippen molar-refractivity contribution in [3.05, 3.63) is 65.7 Å². The number of hydrogen-bond donors (Lipinski definition) is 1. The zero-order valence-electron chi connectivity index (χ0n) is 15.1. The molecule has 1 heterocycles. The van der Waals surface area contributed by atoms with Crippen LogP contribution in [0.2, 0.25) is 0 Å². The maximum Gasteiger partial charge on any atom is 0.387 e. The molecule has 0 aliphatic heterocycles. The third-order valence-corrected chi connectivity index (χ3v) is 4.44. The molecule has 2 aromatic carbocycles. The summed E-state index contributed by atoms with van der Waals surface area (Å²) in [6, 6.07) is 14.1. The van der Waals surface area contributed by atoms with Crippen molar-refractivity contribution in [1.82, 2.24) is 14.8 Å². The van der Waals surface area contributed by atoms with Gasteiger partial charge in [-0.2, -0.15) is 8.78 Å². The second kappa shape index (κ2) is 7.38. The first-order valence-electron chi connectivity index (χ1n) is 8.90. The van der Waals surface area contributed by atoms with E-state index in [1.54, 1.807) is 23.7 Å². The number of rotatable bonds is 6. The Morgan fingerprint density at radius 3 is 2.64 bits per heavy atom. The molecule has 1 saturated carbocycles. The van der Waals surface area contributed by atoms with Crippen molar-refractivity contribution in [1.29, 1.82) is 0 Å². The van der Waals surface area contributed by atoms with Gasteiger partial charge in [-0.3, -0.25) is 4.79 Å². The van der Waals surface area contributed by atoms with E-state index in [2.05, 4.69) is 20.1 Å². The van der Waals surface area contributed by atoms with Crippen molar-refractivity contribution in [2.24, 2.45) is 0 Å². The van der Waals surface area contributed by atoms with Crippen LogP contribution in [0.5, 0.6) is 5.75 Å². The number of benzene rings is 2. The maximum atomic E-state index is 12.6. The van der Waals surface area contributed by atoms with Crippen LogP contribution in [0.25, 0.3) is 5.69 Å². The lowest BCUT2D eigenvalue weighted by Gasteiger charge is -2.10. The van der Waals surface area contributed by atoms with Crippen molar-refractivity contribution in [3.63, 3.8) is 0 Å². The molecule has 0 radical (unpaired) electrons. The quantitative estimate of drug-likeness (QED) is 0.688. The second-order valence-electron chi connectivity index (χ2n) is 6.63. The molecule has 1 amide bonds. The van der Waals surface area contributed by atoms with E-state index in [9.17, 15) is 13.6 Å². The van der Waals surface area contributed by atoms with E-state index in [1.165, 1.54) is 6.07 Å². The lowest BCUT2D eigenvalue weighted by Crippen LogP contribution is -2.14. The molecule has 0 atom stereocenters. The van der Waals surface area contributed by atoms with Gasteiger partial charge in [0.1, 0.15) is 11.6 Å². The molecule has 28 heavy (non-hydrogen) atoms. The Morgan fingerprint density at radius 2 is 1.96 bits per heavy atom. The maximum absolute atomic E-state index is 12.6. The van der Waals surface area contributed by atoms with E-state index in [1.807, 2.05) is 30.3 Å². The van der Waals surface area contributed by atoms with Crippen LogP contribution in [0.3, 0.4) is 0 Å². The van der Waals surface area contributed by atoms with Gasteiger partial charge in [-0.05, 0) is 43.5 Å². The average Bonchev–Trinajstić information content (AvgIpc) is 3.42. The fraction of sp³-hybridized carbons (Fsp3) is 0.250. The largest absolute Gasteiger partial charge is 0.434 e. The molecule has 1 aliphatic carbocycles. The molecule has 6 nitrogen and oxygen atoms in total. The molecule has 0 saturated heterocycles. The van der Waals surface area contributed by atoms with E-state index in [4.69, 9.17) is 0 Å². The number of nitrogens with zero attached hydrogens (tertiary/aromatic N) is 3. The van der Waals surface area contributed by atoms with Crippen LogP contribution in [0.15, 0.2) is 48.5 Å². The van der Waals surface area contributed by atoms with Crippen LogP contribution in [0.4, 0.5) is 14.5 Å². The standard InChI is InChI=1S/C20H18F2N4O2/c1-12-7-10-14(11-16(12)28-20(21)22)23-19(27)17-24-18(13-8-9-13)26(25-17)15-5-3-2-4-6-15/h2-7,10-11,13,20H,8-9H2,1H3,(H,23,27). The number of anilines is 1. The number of alkyl halides is 2. The Labute approximate surface area is 160 Å². The molecule has 0 spiro atoms. The molecule has 1 aliphatic rings. The van der Waals surface area contributed by atoms with Crippen LogP contribution < -0.4 is 10.1 Å². The number of para-hydroxylation sites is 1. The first-order chi connectivity index (χ1) is 13.5. The molecule has 8 heteroatoms. The van der Waals surface area contributed by atoms with Gasteiger partial charge in [-0.15, -0.1) is 5.10 Å². The van der Waals surface area contributed by atoms with Gasteiger partial charge in [0.25, 0.3) is 5.91 Å². The molecule has 1 fully saturated rings. The summed E-state index contributed by atoms with van der Waals surface area (Å²) in [6.45, 7) is -1.29. The van der Waals surface area contributed by atoms with Gasteiger partial charge in [-0.25, -0.2) is 9.67 Å². The van der Waals surface area contributed by atoms with Gasteiger partial charge < -0.3 is 10.1 Å². The first kappa shape index (κ1) is 18.1. The average molecular weight is 384 g/mol. The first-order valence-corrected chi connectivity index (χ1v) is 8.90. The molecule has 1 N–H and O–H groups in total. The highest BCUT2D eigenvalue weighted by molar-refractivity contribution is 6.01. The highest BCUT2D eigenvalue weighted by Crippen LogP contribution is 2.39. The highest BCUT2D eigenvalue weighted by Gasteiger charge is 2.31. The van der Waals surface area contributed by atoms with Crippen LogP contribution in [-0.4, -0.2) is 27.3 Å². The minimum absolute atomic E-state index is 0.00856. The van der Waals surface area contributed by atoms with Gasteiger partial charge in [0.05, 0.1) is 5.69 Å². The van der Waals surface area contributed by atoms with Crippen LogP contribution in [0.1, 0.15) is 40.8 Å². The van der Waals surface area contributed by atoms with Crippen molar-refractivity contribution in [3.8, 4) is 11.4 Å². The van der Waals surface area contributed by atoms with Gasteiger partial charge in [-0.1, -0.05) is 24.3 Å². The third-order valence-electron chi connectivity index (χ3n) is 4.44. The van der Waals surface area contributed by atoms with Gasteiger partial charge >= 0.3 is 6.61 Å². The zero-order chi connectivity index (χ0) is 19.7. The lowest BCUT2D eigenvalue weighted by molar-refractivity contribution is -0.0502. The molecule has 3 aromatic rings. The Balaban J connectivity index is 1.59. The van der Waals surface area contributed by atoms with E-state index >= 15 is 0 Å². The fourth-order valence-electron chi connectivity index (χ4n) is 2.87. The number of carbonyl (C=O) groups is 1. The van der Waals surface area contributed by atoms with Crippen LogP contribution >= 0.6 is 0 Å². The number of aryl methyl sites for hydroxylation is 1. The summed E-state index contributed by atoms with van der Waals surface area (Å²) in [5.41, 5.74) is 1.70. The van der Waals surface area contributed by atoms with Gasteiger partial charge in [0.15, 0.2) is 0 Å². The summed E-state index contributed by atoms with van der Waals surface area (Å²) in [5, 5.41) is 7.02. The molecule has 4 rings (SSSR count). The molecule has 144 valence electrons. The van der Waals surface area contributed by atoms with E-state index in [0.717, 1.165) is 24.4 Å². The van der Waals surface area contributed by atoms with Gasteiger partial charge in [0, 0.05) is 17.7 Å². The monoisotopic (exact) mass is 384 g/mol. The normalized spacial score (nSPS) is 13.6. The predicted octanol–water partition coefficient (Wildman–Crippen LogP) is 4.31. The summed E-state index contributed by atoms with van der Waals surface area (Å²) in [6.07, 6.45) is 2.03. The van der Waals surface area contributed by atoms with E-state index in [-0.39, 0.29) is 11.6 Å². The SMILES string of the molecule is Cc1ccc(NC(=O)c2nc(C3CC3)n(-c3ccccc3)n2)cc1OC(F)F. The number of amides is 1. The number of halogens is 2. The zero-order valence-corrected chi connectivity index (χ0v) is 15.1. The van der Waals surface area contributed by atoms with E-state index < -0.39 is 12.5 Å². The number of nitrogens with one attached hydrogen (secondary N) is 1. The van der Waals surface area contributed by atoms with E-state index in [0.29, 0.717) is 17.2 Å². The number of hydrogen-bond acceptors (Lipinski definition) is 4. The fourth-order valence-corrected chi connectivity index (χ4v) is 2.87. The Hall–Kier alpha value is -3.29. The second-order valence-corrected chi connectivity index (χ2v) is 6.63. The minimum atomic E-state index is -2.94. The topological polar surface area (TPSA) is 69.0 Å². The van der Waals surface area contributed by atoms with Crippen molar-refractivity contribution in [2.75, 3.05) is 5.32 Å². The molecule has 0 unspecified atom stereocenters. The van der Waals surface area contributed by atoms with Crippen molar-refractivity contribution < 1.29 is 18.3 Å². The summed E-state index contributed by atoms with van der Waals surface area (Å²) >= 11 is 0. The smallest absolute Gasteiger partial charge is 0.387 e. The summed E-state index contributed by atoms with van der Waals surface area (Å²) in [7, 11) is 0.